The number of phosphoric acid groups is 1. The molecule has 5 aromatic carbocycles. The Kier molecular flexibility index (Phi) is 11.2. The summed E-state index contributed by atoms with van der Waals surface area (Å²) < 4.78 is 23.1. The molecule has 0 aromatic heterocycles. The van der Waals surface area contributed by atoms with Crippen LogP contribution in [0.25, 0.3) is 33.7 Å². The highest BCUT2D eigenvalue weighted by atomic mass is 35.5. The van der Waals surface area contributed by atoms with Crippen molar-refractivity contribution in [1.29, 1.82) is 0 Å². The molecule has 0 saturated heterocycles. The Morgan fingerprint density at radius 2 is 1.39 bits per heavy atom. The van der Waals surface area contributed by atoms with E-state index in [4.69, 9.17) is 32.5 Å². The molecule has 299 valence electrons. The van der Waals surface area contributed by atoms with E-state index in [2.05, 4.69) is 6.07 Å². The minimum Gasteiger partial charge on any atom is -0.491 e. The van der Waals surface area contributed by atoms with Gasteiger partial charge in [-0.2, -0.15) is 0 Å². The monoisotopic (exact) mass is 850 g/mol. The second-order valence-corrected chi connectivity index (χ2v) is 15.9. The number of carbonyl (C=O) groups excluding carboxylic acids is 4. The molecule has 59 heavy (non-hydrogen) atoms. The van der Waals surface area contributed by atoms with Crippen molar-refractivity contribution in [1.82, 2.24) is 4.90 Å². The maximum atomic E-state index is 13.8. The van der Waals surface area contributed by atoms with Crippen LogP contribution in [0.2, 0.25) is 0 Å². The minimum atomic E-state index is -4.93. The summed E-state index contributed by atoms with van der Waals surface area (Å²) in [4.78, 5) is 75.5. The third kappa shape index (κ3) is 8.02. The molecule has 12 nitrogen and oxygen atoms in total. The van der Waals surface area contributed by atoms with Crippen molar-refractivity contribution in [3.63, 3.8) is 0 Å². The van der Waals surface area contributed by atoms with Gasteiger partial charge in [0.25, 0.3) is 23.6 Å². The lowest BCUT2D eigenvalue weighted by atomic mass is 9.95. The smallest absolute Gasteiger partial charge is 0.491 e. The molecule has 3 heterocycles. The molecule has 0 saturated carbocycles. The summed E-state index contributed by atoms with van der Waals surface area (Å²) in [6, 6.07) is 26.5. The van der Waals surface area contributed by atoms with Crippen molar-refractivity contribution in [2.24, 2.45) is 0 Å². The molecule has 2 atom stereocenters. The Balaban J connectivity index is 1.07. The van der Waals surface area contributed by atoms with Crippen molar-refractivity contribution >= 4 is 99.7 Å². The number of alkyl halides is 2. The van der Waals surface area contributed by atoms with Gasteiger partial charge in [-0.15, -0.1) is 23.2 Å². The summed E-state index contributed by atoms with van der Waals surface area (Å²) in [5, 5.41) is 3.08. The van der Waals surface area contributed by atoms with Gasteiger partial charge in [0.15, 0.2) is 0 Å². The fraction of sp³-hybridized carbons (Fsp3) is 0.182. The summed E-state index contributed by atoms with van der Waals surface area (Å²) in [6.45, 7) is 0.565. The summed E-state index contributed by atoms with van der Waals surface area (Å²) in [5.41, 5.74) is 4.03. The molecule has 0 aliphatic carbocycles. The number of benzene rings is 5. The van der Waals surface area contributed by atoms with Crippen LogP contribution >= 0.6 is 31.0 Å². The highest BCUT2D eigenvalue weighted by Crippen LogP contribution is 2.49. The number of ether oxygens (including phenoxy) is 1. The van der Waals surface area contributed by atoms with Crippen molar-refractivity contribution in [2.75, 3.05) is 47.8 Å². The molecule has 0 unspecified atom stereocenters. The number of hydrogen-bond acceptors (Lipinski definition) is 7. The number of fused-ring (bicyclic) bond motifs is 6. The van der Waals surface area contributed by atoms with Gasteiger partial charge in [-0.3, -0.25) is 33.9 Å². The van der Waals surface area contributed by atoms with Crippen LogP contribution in [0.1, 0.15) is 34.1 Å². The van der Waals surface area contributed by atoms with Crippen molar-refractivity contribution in [3.05, 3.63) is 131 Å². The maximum Gasteiger partial charge on any atom is 0.524 e. The van der Waals surface area contributed by atoms with Crippen LogP contribution in [0.4, 0.5) is 11.4 Å². The summed E-state index contributed by atoms with van der Waals surface area (Å²) in [7, 11) is -4.93. The van der Waals surface area contributed by atoms with E-state index in [1.807, 2.05) is 30.3 Å². The lowest BCUT2D eigenvalue weighted by Gasteiger charge is -2.18. The number of hydrogen-bond donors (Lipinski definition) is 2. The molecule has 3 aliphatic rings. The maximum absolute atomic E-state index is 13.8. The molecular weight excluding hydrogens is 816 g/mol. The molecular formula is C44H35Cl2N3O9P. The standard InChI is InChI=1S/C44H35Cl2N3O9P/c45-23-30-25-48(35-14-12-28-5-1-2-6-32(28)43(30)35)42(53)16-13-29-11-9-27(21-37(29)57-20-19-47-39(50)17-18-40(47)51)10-15-41(52)49-26-31(24-46)44-34-8-4-3-7-33(34)38(22-36(44)49)58-59(54,55)56/h1-11,13-18,21-22,30-31H,19-20,23-26H2,(H2,54,55,56)/b15-10+,16-13+/t30-,31-/m1/s1. The molecule has 2 N–H and O–H groups in total. The molecule has 3 aliphatic heterocycles. The first-order valence-electron chi connectivity index (χ1n) is 18.6. The molecule has 0 bridgehead atoms. The second kappa shape index (κ2) is 16.5. The predicted molar refractivity (Wildman–Crippen MR) is 227 cm³/mol. The van der Waals surface area contributed by atoms with Gasteiger partial charge in [0, 0.05) is 83.7 Å². The second-order valence-electron chi connectivity index (χ2n) is 14.1. The number of carbonyl (C=O) groups is 4. The van der Waals surface area contributed by atoms with Gasteiger partial charge >= 0.3 is 7.82 Å². The van der Waals surface area contributed by atoms with E-state index in [0.717, 1.165) is 32.5 Å². The minimum absolute atomic E-state index is 0.0152. The predicted octanol–water partition coefficient (Wildman–Crippen LogP) is 7.33. The first kappa shape index (κ1) is 40.0. The lowest BCUT2D eigenvalue weighted by molar-refractivity contribution is -0.137. The Hall–Kier alpha value is -5.75. The number of halogens is 2. The van der Waals surface area contributed by atoms with Crippen LogP contribution in [0.5, 0.6) is 11.5 Å². The van der Waals surface area contributed by atoms with Crippen LogP contribution < -0.4 is 19.1 Å². The van der Waals surface area contributed by atoms with E-state index in [9.17, 15) is 33.5 Å². The lowest BCUT2D eigenvalue weighted by Crippen LogP contribution is -2.33. The number of imide groups is 1. The van der Waals surface area contributed by atoms with Crippen molar-refractivity contribution in [3.8, 4) is 11.5 Å². The molecule has 5 aromatic rings. The Morgan fingerprint density at radius 3 is 2.07 bits per heavy atom. The average Bonchev–Trinajstić information content (AvgIpc) is 3.91. The van der Waals surface area contributed by atoms with Gasteiger partial charge in [0.2, 0.25) is 0 Å². The highest BCUT2D eigenvalue weighted by Gasteiger charge is 2.35. The van der Waals surface area contributed by atoms with Gasteiger partial charge in [-0.1, -0.05) is 60.7 Å². The van der Waals surface area contributed by atoms with E-state index < -0.39 is 25.5 Å². The van der Waals surface area contributed by atoms with Crippen LogP contribution in [0.15, 0.2) is 103 Å². The largest absolute Gasteiger partial charge is 0.524 e. The highest BCUT2D eigenvalue weighted by molar-refractivity contribution is 7.46. The molecule has 0 fully saturated rings. The zero-order valence-electron chi connectivity index (χ0n) is 31.2. The fourth-order valence-corrected chi connectivity index (χ4v) is 8.79. The zero-order valence-corrected chi connectivity index (χ0v) is 33.6. The molecule has 4 amide bonds. The van der Waals surface area contributed by atoms with Gasteiger partial charge in [-0.05, 0) is 63.2 Å². The molecule has 8 rings (SSSR count). The Morgan fingerprint density at radius 1 is 0.780 bits per heavy atom. The summed E-state index contributed by atoms with van der Waals surface area (Å²) in [6.07, 6.45) is 8.40. The summed E-state index contributed by atoms with van der Waals surface area (Å²) in [5.74, 6) is -1.12. The molecule has 15 heteroatoms. The average molecular weight is 852 g/mol. The van der Waals surface area contributed by atoms with E-state index in [1.54, 1.807) is 59.5 Å². The number of rotatable bonds is 12. The quantitative estimate of drug-likeness (QED) is 0.0569. The zero-order chi connectivity index (χ0) is 41.4. The van der Waals surface area contributed by atoms with Gasteiger partial charge < -0.3 is 19.1 Å². The van der Waals surface area contributed by atoms with Crippen molar-refractivity contribution < 1.29 is 42.8 Å². The fourth-order valence-electron chi connectivity index (χ4n) is 7.88. The SMILES string of the molecule is O=C1C=CC(=O)N1CCOc1cc(/C=C/C(=O)N2C[C@@H](CCl)c3c2cc(OP(=O)(O)O)c2ccccc32)ccc1/C=C/C(=O)N1C[C@@H](CCl)c2c1c[c]c1ccccc21. The van der Waals surface area contributed by atoms with Crippen molar-refractivity contribution in [2.45, 2.75) is 11.8 Å². The van der Waals surface area contributed by atoms with Crippen LogP contribution in [0.3, 0.4) is 0 Å². The van der Waals surface area contributed by atoms with E-state index in [0.29, 0.717) is 45.8 Å². The number of phosphoric ester groups is 1. The molecule has 0 spiro atoms. The van der Waals surface area contributed by atoms with Gasteiger partial charge in [0.1, 0.15) is 18.1 Å². The first-order valence-corrected chi connectivity index (χ1v) is 21.2. The molecule has 1 radical (unpaired) electrons. The van der Waals surface area contributed by atoms with Crippen LogP contribution in [-0.4, -0.2) is 76.3 Å². The van der Waals surface area contributed by atoms with Crippen LogP contribution in [0, 0.1) is 6.07 Å². The topological polar surface area (TPSA) is 154 Å². The normalized spacial score (nSPS) is 17.6. The van der Waals surface area contributed by atoms with Crippen LogP contribution in [-0.2, 0) is 23.7 Å². The summed E-state index contributed by atoms with van der Waals surface area (Å²) >= 11 is 12.8. The number of amides is 4. The Bertz CT molecular complexity index is 2680. The third-order valence-corrected chi connectivity index (χ3v) is 11.7. The van der Waals surface area contributed by atoms with E-state index in [-0.39, 0.29) is 49.1 Å². The van der Waals surface area contributed by atoms with E-state index >= 15 is 0 Å². The number of nitrogens with zero attached hydrogens (tertiary/aromatic N) is 3. The first-order chi connectivity index (χ1) is 28.4. The number of anilines is 2. The third-order valence-electron chi connectivity index (χ3n) is 10.5. The van der Waals surface area contributed by atoms with Gasteiger partial charge in [0.05, 0.1) is 12.2 Å². The Labute approximate surface area is 348 Å². The van der Waals surface area contributed by atoms with Gasteiger partial charge in [-0.25, -0.2) is 4.57 Å². The van der Waals surface area contributed by atoms with E-state index in [1.165, 1.54) is 35.3 Å².